The molecule has 8 heteroatoms. The molecule has 0 atom stereocenters. The van der Waals surface area contributed by atoms with Gasteiger partial charge in [0.25, 0.3) is 11.1 Å². The van der Waals surface area contributed by atoms with Crippen LogP contribution in [0.5, 0.6) is 11.5 Å². The highest BCUT2D eigenvalue weighted by molar-refractivity contribution is 8.18. The van der Waals surface area contributed by atoms with E-state index in [0.29, 0.717) is 29.4 Å². The molecule has 4 rings (SSSR count). The van der Waals surface area contributed by atoms with E-state index in [1.807, 2.05) is 50.2 Å². The topological polar surface area (TPSA) is 84.9 Å². The molecule has 1 N–H and O–H groups in total. The summed E-state index contributed by atoms with van der Waals surface area (Å²) in [4.78, 5) is 38.9. The van der Waals surface area contributed by atoms with E-state index in [1.165, 1.54) is 0 Å². The second kappa shape index (κ2) is 11.1. The van der Waals surface area contributed by atoms with Crippen LogP contribution in [0, 0.1) is 13.8 Å². The molecule has 3 aromatic carbocycles. The number of carbonyl (C=O) groups is 3. The molecule has 0 bridgehead atoms. The first kappa shape index (κ1) is 25.1. The van der Waals surface area contributed by atoms with Gasteiger partial charge < -0.3 is 14.8 Å². The van der Waals surface area contributed by atoms with Crippen molar-refractivity contribution in [3.63, 3.8) is 0 Å². The fourth-order valence-corrected chi connectivity index (χ4v) is 4.55. The Hall–Kier alpha value is -4.04. The number of methoxy groups -OCH3 is 1. The number of imide groups is 1. The zero-order valence-electron chi connectivity index (χ0n) is 20.2. The first-order valence-corrected chi connectivity index (χ1v) is 12.1. The van der Waals surface area contributed by atoms with Crippen molar-refractivity contribution in [1.29, 1.82) is 0 Å². The van der Waals surface area contributed by atoms with Crippen molar-refractivity contribution in [2.75, 3.05) is 19.0 Å². The van der Waals surface area contributed by atoms with Gasteiger partial charge in [-0.2, -0.15) is 0 Å². The van der Waals surface area contributed by atoms with Crippen molar-refractivity contribution in [1.82, 2.24) is 4.90 Å². The average Bonchev–Trinajstić information content (AvgIpc) is 3.10. The SMILES string of the molecule is COc1cc(/C=C2\SC(=O)N(CC(=O)Nc3cccc(C)c3)C2=O)ccc1OCc1cccc(C)c1. The molecular weight excluding hydrogens is 476 g/mol. The molecular formula is C28H26N2O5S. The summed E-state index contributed by atoms with van der Waals surface area (Å²) in [6, 6.07) is 20.6. The second-order valence-electron chi connectivity index (χ2n) is 8.37. The molecule has 0 spiro atoms. The number of rotatable bonds is 8. The molecule has 7 nitrogen and oxygen atoms in total. The van der Waals surface area contributed by atoms with Crippen molar-refractivity contribution in [3.05, 3.63) is 93.9 Å². The number of thioether (sulfide) groups is 1. The number of benzene rings is 3. The quantitative estimate of drug-likeness (QED) is 0.406. The Morgan fingerprint density at radius 3 is 2.44 bits per heavy atom. The highest BCUT2D eigenvalue weighted by Crippen LogP contribution is 2.34. The number of carbonyl (C=O) groups excluding carboxylic acids is 3. The molecule has 0 radical (unpaired) electrons. The van der Waals surface area contributed by atoms with Crippen molar-refractivity contribution in [2.45, 2.75) is 20.5 Å². The number of anilines is 1. The summed E-state index contributed by atoms with van der Waals surface area (Å²) < 4.78 is 11.4. The summed E-state index contributed by atoms with van der Waals surface area (Å²) in [6.45, 7) is 3.97. The van der Waals surface area contributed by atoms with Gasteiger partial charge in [-0.15, -0.1) is 0 Å². The highest BCUT2D eigenvalue weighted by Gasteiger charge is 2.36. The average molecular weight is 503 g/mol. The Kier molecular flexibility index (Phi) is 7.75. The molecule has 0 aromatic heterocycles. The smallest absolute Gasteiger partial charge is 0.294 e. The van der Waals surface area contributed by atoms with Crippen LogP contribution < -0.4 is 14.8 Å². The minimum Gasteiger partial charge on any atom is -0.493 e. The van der Waals surface area contributed by atoms with Crippen LogP contribution in [0.1, 0.15) is 22.3 Å². The highest BCUT2D eigenvalue weighted by atomic mass is 32.2. The first-order chi connectivity index (χ1) is 17.3. The summed E-state index contributed by atoms with van der Waals surface area (Å²) in [5.41, 5.74) is 4.47. The third kappa shape index (κ3) is 6.14. The Labute approximate surface area is 214 Å². The number of amides is 3. The number of hydrogen-bond acceptors (Lipinski definition) is 6. The van der Waals surface area contributed by atoms with E-state index in [1.54, 1.807) is 37.5 Å². The van der Waals surface area contributed by atoms with E-state index < -0.39 is 17.1 Å². The maximum absolute atomic E-state index is 12.9. The molecule has 3 aromatic rings. The molecule has 1 fully saturated rings. The van der Waals surface area contributed by atoms with Crippen molar-refractivity contribution < 1.29 is 23.9 Å². The Bertz CT molecular complexity index is 1350. The number of hydrogen-bond donors (Lipinski definition) is 1. The lowest BCUT2D eigenvalue weighted by Gasteiger charge is -2.13. The van der Waals surface area contributed by atoms with Crippen LogP contribution in [0.2, 0.25) is 0 Å². The monoisotopic (exact) mass is 502 g/mol. The predicted octanol–water partition coefficient (Wildman–Crippen LogP) is 5.57. The lowest BCUT2D eigenvalue weighted by Crippen LogP contribution is -2.36. The van der Waals surface area contributed by atoms with E-state index in [0.717, 1.165) is 33.4 Å². The molecule has 0 aliphatic carbocycles. The van der Waals surface area contributed by atoms with Crippen molar-refractivity contribution in [2.24, 2.45) is 0 Å². The minimum atomic E-state index is -0.511. The van der Waals surface area contributed by atoms with Gasteiger partial charge in [-0.25, -0.2) is 0 Å². The predicted molar refractivity (Wildman–Crippen MR) is 141 cm³/mol. The third-order valence-electron chi connectivity index (χ3n) is 5.44. The van der Waals surface area contributed by atoms with Crippen LogP contribution in [0.15, 0.2) is 71.6 Å². The zero-order valence-corrected chi connectivity index (χ0v) is 21.1. The van der Waals surface area contributed by atoms with Gasteiger partial charge >= 0.3 is 0 Å². The number of ether oxygens (including phenoxy) is 2. The van der Waals surface area contributed by atoms with E-state index >= 15 is 0 Å². The van der Waals surface area contributed by atoms with Crippen LogP contribution in [0.3, 0.4) is 0 Å². The Morgan fingerprint density at radius 1 is 0.972 bits per heavy atom. The molecule has 0 unspecified atom stereocenters. The van der Waals surface area contributed by atoms with Gasteiger partial charge in [-0.1, -0.05) is 48.0 Å². The Balaban J connectivity index is 1.43. The van der Waals surface area contributed by atoms with Crippen molar-refractivity contribution in [3.8, 4) is 11.5 Å². The normalized spacial score (nSPS) is 14.3. The summed E-state index contributed by atoms with van der Waals surface area (Å²) in [6.07, 6.45) is 1.61. The van der Waals surface area contributed by atoms with Gasteiger partial charge in [-0.3, -0.25) is 19.3 Å². The molecule has 1 aliphatic heterocycles. The maximum atomic E-state index is 12.9. The zero-order chi connectivity index (χ0) is 25.7. The van der Waals surface area contributed by atoms with E-state index in [4.69, 9.17) is 9.47 Å². The van der Waals surface area contributed by atoms with Crippen LogP contribution in [-0.4, -0.2) is 35.6 Å². The molecule has 1 heterocycles. The van der Waals surface area contributed by atoms with Gasteiger partial charge in [-0.05, 0) is 72.6 Å². The van der Waals surface area contributed by atoms with Gasteiger partial charge in [0, 0.05) is 5.69 Å². The summed E-state index contributed by atoms with van der Waals surface area (Å²) in [5, 5.41) is 2.23. The van der Waals surface area contributed by atoms with Crippen LogP contribution in [0.25, 0.3) is 6.08 Å². The van der Waals surface area contributed by atoms with Gasteiger partial charge in [0.2, 0.25) is 5.91 Å². The molecule has 0 saturated carbocycles. The van der Waals surface area contributed by atoms with Gasteiger partial charge in [0.1, 0.15) is 13.2 Å². The van der Waals surface area contributed by atoms with Gasteiger partial charge in [0.15, 0.2) is 11.5 Å². The third-order valence-corrected chi connectivity index (χ3v) is 6.35. The summed E-state index contributed by atoms with van der Waals surface area (Å²) in [7, 11) is 1.54. The van der Waals surface area contributed by atoms with E-state index in [2.05, 4.69) is 11.4 Å². The fraction of sp³-hybridized carbons (Fsp3) is 0.179. The molecule has 184 valence electrons. The number of aryl methyl sites for hydroxylation is 2. The summed E-state index contributed by atoms with van der Waals surface area (Å²) >= 11 is 0.800. The van der Waals surface area contributed by atoms with E-state index in [-0.39, 0.29) is 11.4 Å². The molecule has 36 heavy (non-hydrogen) atoms. The van der Waals surface area contributed by atoms with Crippen molar-refractivity contribution >= 4 is 40.6 Å². The van der Waals surface area contributed by atoms with Crippen LogP contribution in [0.4, 0.5) is 10.5 Å². The lowest BCUT2D eigenvalue weighted by atomic mass is 10.1. The summed E-state index contributed by atoms with van der Waals surface area (Å²) in [5.74, 6) is 0.120. The standard InChI is InChI=1S/C28H26N2O5S/c1-18-6-4-8-21(12-18)17-35-23-11-10-20(14-24(23)34-3)15-25-27(32)30(28(33)36-25)16-26(31)29-22-9-5-7-19(2)13-22/h4-15H,16-17H2,1-3H3,(H,29,31)/b25-15-. The fourth-order valence-electron chi connectivity index (χ4n) is 3.71. The largest absolute Gasteiger partial charge is 0.493 e. The van der Waals surface area contributed by atoms with Crippen LogP contribution in [-0.2, 0) is 16.2 Å². The first-order valence-electron chi connectivity index (χ1n) is 11.3. The molecule has 1 aliphatic rings. The van der Waals surface area contributed by atoms with Crippen LogP contribution >= 0.6 is 11.8 Å². The Morgan fingerprint density at radius 2 is 1.72 bits per heavy atom. The maximum Gasteiger partial charge on any atom is 0.294 e. The van der Waals surface area contributed by atoms with Gasteiger partial charge in [0.05, 0.1) is 12.0 Å². The number of nitrogens with zero attached hydrogens (tertiary/aromatic N) is 1. The van der Waals surface area contributed by atoms with E-state index in [9.17, 15) is 14.4 Å². The molecule has 3 amide bonds. The minimum absolute atomic E-state index is 0.235. The lowest BCUT2D eigenvalue weighted by molar-refractivity contribution is -0.127. The molecule has 1 saturated heterocycles. The second-order valence-corrected chi connectivity index (χ2v) is 9.37. The number of nitrogens with one attached hydrogen (secondary N) is 1.